The molecule has 35 heavy (non-hydrogen) atoms. The van der Waals surface area contributed by atoms with Crippen LogP contribution in [0, 0.1) is 13.8 Å². The van der Waals surface area contributed by atoms with E-state index in [4.69, 9.17) is 9.15 Å². The predicted octanol–water partition coefficient (Wildman–Crippen LogP) is 3.35. The summed E-state index contributed by atoms with van der Waals surface area (Å²) in [4.78, 5) is 27.4. The zero-order valence-electron chi connectivity index (χ0n) is 19.9. The summed E-state index contributed by atoms with van der Waals surface area (Å²) < 4.78 is 38.5. The van der Waals surface area contributed by atoms with Crippen molar-refractivity contribution >= 4 is 21.9 Å². The fourth-order valence-electron chi connectivity index (χ4n) is 4.54. The molecule has 3 aromatic rings. The van der Waals surface area contributed by atoms with Crippen molar-refractivity contribution in [1.29, 1.82) is 0 Å². The van der Waals surface area contributed by atoms with E-state index in [0.29, 0.717) is 0 Å². The Kier molecular flexibility index (Phi) is 7.09. The third-order valence-electron chi connectivity index (χ3n) is 6.26. The molecule has 1 amide bonds. The van der Waals surface area contributed by atoms with Crippen LogP contribution in [0.2, 0.25) is 0 Å². The summed E-state index contributed by atoms with van der Waals surface area (Å²) in [6, 6.07) is 19.1. The maximum atomic E-state index is 13.6. The molecule has 4 rings (SSSR count). The van der Waals surface area contributed by atoms with Crippen molar-refractivity contribution in [2.24, 2.45) is 0 Å². The number of carbonyl (C=O) groups is 2. The van der Waals surface area contributed by atoms with Crippen LogP contribution in [0.15, 0.2) is 70.0 Å². The van der Waals surface area contributed by atoms with Gasteiger partial charge in [-0.3, -0.25) is 4.79 Å². The van der Waals surface area contributed by atoms with E-state index in [1.54, 1.807) is 4.90 Å². The van der Waals surface area contributed by atoms with Crippen LogP contribution in [0.3, 0.4) is 0 Å². The molecule has 1 aliphatic heterocycles. The number of carbonyl (C=O) groups excluding carboxylic acids is 2. The van der Waals surface area contributed by atoms with Crippen LogP contribution in [0.1, 0.15) is 38.9 Å². The molecule has 8 nitrogen and oxygen atoms in total. The van der Waals surface area contributed by atoms with Gasteiger partial charge in [0.1, 0.15) is 22.0 Å². The van der Waals surface area contributed by atoms with Gasteiger partial charge in [-0.15, -0.1) is 0 Å². The lowest BCUT2D eigenvalue weighted by Gasteiger charge is -2.36. The summed E-state index contributed by atoms with van der Waals surface area (Å²) in [7, 11) is -2.84. The first-order valence-corrected chi connectivity index (χ1v) is 12.8. The first kappa shape index (κ1) is 24.7. The molecule has 1 aliphatic rings. The molecule has 0 N–H and O–H groups in total. The maximum absolute atomic E-state index is 13.6. The van der Waals surface area contributed by atoms with E-state index in [-0.39, 0.29) is 54.1 Å². The minimum atomic E-state index is -4.03. The fourth-order valence-corrected chi connectivity index (χ4v) is 6.33. The van der Waals surface area contributed by atoms with E-state index in [2.05, 4.69) is 0 Å². The normalized spacial score (nSPS) is 14.8. The van der Waals surface area contributed by atoms with Crippen LogP contribution < -0.4 is 0 Å². The molecule has 0 atom stereocenters. The Balaban J connectivity index is 1.57. The third kappa shape index (κ3) is 4.74. The molecule has 0 bridgehead atoms. The Morgan fingerprint density at radius 2 is 1.37 bits per heavy atom. The van der Waals surface area contributed by atoms with Crippen LogP contribution in [-0.4, -0.2) is 62.8 Å². The average molecular weight is 497 g/mol. The molecule has 2 aromatic carbocycles. The topological polar surface area (TPSA) is 97.1 Å². The maximum Gasteiger partial charge on any atom is 0.342 e. The SMILES string of the molecule is COC(=O)c1c(C)oc(C)c1S(=O)(=O)N1CCN(C(=O)C(c2ccccc2)c2ccccc2)CC1. The van der Waals surface area contributed by atoms with Crippen molar-refractivity contribution in [3.05, 3.63) is 88.9 Å². The van der Waals surface area contributed by atoms with Gasteiger partial charge in [0, 0.05) is 26.2 Å². The van der Waals surface area contributed by atoms with Crippen molar-refractivity contribution in [3.63, 3.8) is 0 Å². The molecular formula is C26H28N2O6S. The number of amides is 1. The number of ether oxygens (including phenoxy) is 1. The smallest absolute Gasteiger partial charge is 0.342 e. The van der Waals surface area contributed by atoms with E-state index in [1.165, 1.54) is 25.3 Å². The number of rotatable bonds is 6. The van der Waals surface area contributed by atoms with Crippen LogP contribution >= 0.6 is 0 Å². The Bertz CT molecular complexity index is 1270. The standard InChI is InChI=1S/C26H28N2O6S/c1-18-22(26(30)33-3)24(19(2)34-18)35(31,32)28-16-14-27(15-17-28)25(29)23(20-10-6-4-7-11-20)21-12-8-5-9-13-21/h4-13,23H,14-17H2,1-3H3. The first-order chi connectivity index (χ1) is 16.8. The zero-order chi connectivity index (χ0) is 25.2. The third-order valence-corrected chi connectivity index (χ3v) is 8.31. The molecule has 9 heteroatoms. The number of hydrogen-bond donors (Lipinski definition) is 0. The molecule has 1 saturated heterocycles. The number of hydrogen-bond acceptors (Lipinski definition) is 6. The second-order valence-electron chi connectivity index (χ2n) is 8.39. The number of esters is 1. The van der Waals surface area contributed by atoms with Gasteiger partial charge in [-0.25, -0.2) is 13.2 Å². The summed E-state index contributed by atoms with van der Waals surface area (Å²) in [5.74, 6) is -1.000. The number of methoxy groups -OCH3 is 1. The molecule has 1 fully saturated rings. The lowest BCUT2D eigenvalue weighted by Crippen LogP contribution is -2.51. The Labute approximate surface area is 205 Å². The highest BCUT2D eigenvalue weighted by atomic mass is 32.2. The molecule has 2 heterocycles. The first-order valence-electron chi connectivity index (χ1n) is 11.3. The van der Waals surface area contributed by atoms with Crippen molar-refractivity contribution in [2.75, 3.05) is 33.3 Å². The fraction of sp³-hybridized carbons (Fsp3) is 0.308. The molecule has 184 valence electrons. The highest BCUT2D eigenvalue weighted by Gasteiger charge is 2.38. The summed E-state index contributed by atoms with van der Waals surface area (Å²) in [6.45, 7) is 3.72. The largest absolute Gasteiger partial charge is 0.465 e. The quantitative estimate of drug-likeness (QED) is 0.486. The number of benzene rings is 2. The van der Waals surface area contributed by atoms with E-state index >= 15 is 0 Å². The molecule has 1 aromatic heterocycles. The second kappa shape index (κ2) is 10.1. The van der Waals surface area contributed by atoms with Crippen LogP contribution in [0.4, 0.5) is 0 Å². The molecular weight excluding hydrogens is 468 g/mol. The van der Waals surface area contributed by atoms with Crippen LogP contribution in [0.5, 0.6) is 0 Å². The van der Waals surface area contributed by atoms with Gasteiger partial charge in [-0.05, 0) is 25.0 Å². The summed E-state index contributed by atoms with van der Waals surface area (Å²) in [5, 5.41) is 0. The van der Waals surface area contributed by atoms with Crippen molar-refractivity contribution in [3.8, 4) is 0 Å². The van der Waals surface area contributed by atoms with Gasteiger partial charge in [0.25, 0.3) is 0 Å². The van der Waals surface area contributed by atoms with Gasteiger partial charge in [-0.2, -0.15) is 4.31 Å². The summed E-state index contributed by atoms with van der Waals surface area (Å²) in [5.41, 5.74) is 1.67. The van der Waals surface area contributed by atoms with Gasteiger partial charge < -0.3 is 14.1 Å². The number of furan rings is 1. The van der Waals surface area contributed by atoms with Crippen LogP contribution in [0.25, 0.3) is 0 Å². The highest BCUT2D eigenvalue weighted by Crippen LogP contribution is 2.31. The minimum Gasteiger partial charge on any atom is -0.465 e. The Morgan fingerprint density at radius 1 is 0.857 bits per heavy atom. The lowest BCUT2D eigenvalue weighted by atomic mass is 9.90. The van der Waals surface area contributed by atoms with E-state index in [1.807, 2.05) is 60.7 Å². The molecule has 0 spiro atoms. The van der Waals surface area contributed by atoms with Crippen molar-refractivity contribution < 1.29 is 27.2 Å². The number of nitrogens with zero attached hydrogens (tertiary/aromatic N) is 2. The Morgan fingerprint density at radius 3 is 1.86 bits per heavy atom. The molecule has 0 saturated carbocycles. The number of sulfonamides is 1. The predicted molar refractivity (Wildman–Crippen MR) is 130 cm³/mol. The zero-order valence-corrected chi connectivity index (χ0v) is 20.7. The minimum absolute atomic E-state index is 0.0787. The van der Waals surface area contributed by atoms with Gasteiger partial charge in [0.2, 0.25) is 15.9 Å². The van der Waals surface area contributed by atoms with Gasteiger partial charge in [-0.1, -0.05) is 60.7 Å². The highest BCUT2D eigenvalue weighted by molar-refractivity contribution is 7.89. The van der Waals surface area contributed by atoms with Gasteiger partial charge in [0.05, 0.1) is 13.0 Å². The van der Waals surface area contributed by atoms with Gasteiger partial charge >= 0.3 is 5.97 Å². The molecule has 0 aliphatic carbocycles. The number of aryl methyl sites for hydroxylation is 2. The number of piperazine rings is 1. The molecule has 0 radical (unpaired) electrons. The average Bonchev–Trinajstić information content (AvgIpc) is 3.19. The van der Waals surface area contributed by atoms with Crippen molar-refractivity contribution in [2.45, 2.75) is 24.7 Å². The summed E-state index contributed by atoms with van der Waals surface area (Å²) >= 11 is 0. The van der Waals surface area contributed by atoms with E-state index < -0.39 is 21.9 Å². The van der Waals surface area contributed by atoms with Crippen LogP contribution in [-0.2, 0) is 19.6 Å². The monoisotopic (exact) mass is 496 g/mol. The lowest BCUT2D eigenvalue weighted by molar-refractivity contribution is -0.133. The van der Waals surface area contributed by atoms with E-state index in [0.717, 1.165) is 11.1 Å². The van der Waals surface area contributed by atoms with Crippen molar-refractivity contribution in [1.82, 2.24) is 9.21 Å². The second-order valence-corrected chi connectivity index (χ2v) is 10.3. The Hall–Kier alpha value is -3.43. The molecule has 0 unspecified atom stereocenters. The van der Waals surface area contributed by atoms with E-state index in [9.17, 15) is 18.0 Å². The van der Waals surface area contributed by atoms with Gasteiger partial charge in [0.15, 0.2) is 0 Å². The summed E-state index contributed by atoms with van der Waals surface area (Å²) in [6.07, 6.45) is 0.